The summed E-state index contributed by atoms with van der Waals surface area (Å²) in [5.74, 6) is 0.598. The van der Waals surface area contributed by atoms with Gasteiger partial charge in [-0.25, -0.2) is 0 Å². The van der Waals surface area contributed by atoms with Crippen molar-refractivity contribution in [1.29, 1.82) is 0 Å². The molecule has 0 atom stereocenters. The van der Waals surface area contributed by atoms with Crippen LogP contribution in [0.25, 0.3) is 0 Å². The molecule has 0 radical (unpaired) electrons. The van der Waals surface area contributed by atoms with Gasteiger partial charge in [0.05, 0.1) is 0 Å². The van der Waals surface area contributed by atoms with Crippen molar-refractivity contribution in [3.8, 4) is 0 Å². The van der Waals surface area contributed by atoms with Crippen LogP contribution in [0.1, 0.15) is 28.8 Å². The number of aryl methyl sites for hydroxylation is 1. The van der Waals surface area contributed by atoms with Crippen LogP contribution in [-0.2, 0) is 0 Å². The molecule has 0 spiro atoms. The maximum Gasteiger partial charge on any atom is 0.251 e. The van der Waals surface area contributed by atoms with Gasteiger partial charge < -0.3 is 10.2 Å². The molecule has 1 aliphatic heterocycles. The molecule has 1 fully saturated rings. The van der Waals surface area contributed by atoms with Crippen LogP contribution in [0.2, 0.25) is 0 Å². The standard InChI is InChI=1S/C19H23N3O/c1-15-4-2-3-5-18(15)19(23)21-14-16-8-12-22(13-9-16)17-6-10-20-11-7-17/h2-7,10-11,16H,8-9,12-14H2,1H3,(H,21,23). The molecule has 1 aliphatic rings. The highest BCUT2D eigenvalue weighted by molar-refractivity contribution is 5.95. The van der Waals surface area contributed by atoms with Gasteiger partial charge in [-0.05, 0) is 49.4 Å². The average molecular weight is 309 g/mol. The van der Waals surface area contributed by atoms with Crippen molar-refractivity contribution in [2.45, 2.75) is 19.8 Å². The lowest BCUT2D eigenvalue weighted by atomic mass is 9.96. The molecule has 1 aromatic carbocycles. The van der Waals surface area contributed by atoms with Crippen LogP contribution < -0.4 is 10.2 Å². The first-order valence-electron chi connectivity index (χ1n) is 8.23. The summed E-state index contributed by atoms with van der Waals surface area (Å²) >= 11 is 0. The molecule has 4 heteroatoms. The minimum Gasteiger partial charge on any atom is -0.371 e. The fourth-order valence-electron chi connectivity index (χ4n) is 3.11. The Kier molecular flexibility index (Phi) is 4.91. The number of nitrogens with zero attached hydrogens (tertiary/aromatic N) is 2. The molecule has 0 bridgehead atoms. The van der Waals surface area contributed by atoms with Gasteiger partial charge in [0.1, 0.15) is 0 Å². The minimum absolute atomic E-state index is 0.0414. The fourth-order valence-corrected chi connectivity index (χ4v) is 3.11. The first kappa shape index (κ1) is 15.5. The highest BCUT2D eigenvalue weighted by atomic mass is 16.1. The van der Waals surface area contributed by atoms with Crippen molar-refractivity contribution in [1.82, 2.24) is 10.3 Å². The summed E-state index contributed by atoms with van der Waals surface area (Å²) in [4.78, 5) is 18.7. The third-order valence-electron chi connectivity index (χ3n) is 4.58. The van der Waals surface area contributed by atoms with Crippen molar-refractivity contribution in [2.24, 2.45) is 5.92 Å². The molecule has 1 N–H and O–H groups in total. The predicted octanol–water partition coefficient (Wildman–Crippen LogP) is 3.04. The second-order valence-corrected chi connectivity index (χ2v) is 6.16. The second-order valence-electron chi connectivity index (χ2n) is 6.16. The van der Waals surface area contributed by atoms with E-state index in [1.54, 1.807) is 0 Å². The fraction of sp³-hybridized carbons (Fsp3) is 0.368. The number of carbonyl (C=O) groups is 1. The summed E-state index contributed by atoms with van der Waals surface area (Å²) in [6.07, 6.45) is 5.89. The summed E-state index contributed by atoms with van der Waals surface area (Å²) in [7, 11) is 0. The predicted molar refractivity (Wildman–Crippen MR) is 92.7 cm³/mol. The summed E-state index contributed by atoms with van der Waals surface area (Å²) in [6.45, 7) is 4.81. The molecule has 120 valence electrons. The molecule has 0 aliphatic carbocycles. The Hall–Kier alpha value is -2.36. The Bertz CT molecular complexity index is 649. The zero-order valence-corrected chi connectivity index (χ0v) is 13.5. The molecule has 1 aromatic heterocycles. The summed E-state index contributed by atoms with van der Waals surface area (Å²) in [5, 5.41) is 3.10. The van der Waals surface area contributed by atoms with Gasteiger partial charge in [0.2, 0.25) is 0 Å². The van der Waals surface area contributed by atoms with E-state index in [2.05, 4.69) is 27.3 Å². The number of piperidine rings is 1. The van der Waals surface area contributed by atoms with Gasteiger partial charge in [-0.2, -0.15) is 0 Å². The number of anilines is 1. The van der Waals surface area contributed by atoms with E-state index >= 15 is 0 Å². The highest BCUT2D eigenvalue weighted by Crippen LogP contribution is 2.22. The third kappa shape index (κ3) is 3.89. The largest absolute Gasteiger partial charge is 0.371 e. The first-order valence-corrected chi connectivity index (χ1v) is 8.23. The third-order valence-corrected chi connectivity index (χ3v) is 4.58. The first-order chi connectivity index (χ1) is 11.2. The number of carbonyl (C=O) groups excluding carboxylic acids is 1. The smallest absolute Gasteiger partial charge is 0.251 e. The van der Waals surface area contributed by atoms with Crippen LogP contribution in [-0.4, -0.2) is 30.5 Å². The quantitative estimate of drug-likeness (QED) is 0.944. The Morgan fingerprint density at radius 3 is 2.57 bits per heavy atom. The zero-order valence-electron chi connectivity index (χ0n) is 13.5. The monoisotopic (exact) mass is 309 g/mol. The number of rotatable bonds is 4. The van der Waals surface area contributed by atoms with Crippen molar-refractivity contribution < 1.29 is 4.79 Å². The van der Waals surface area contributed by atoms with Crippen molar-refractivity contribution in [3.05, 3.63) is 59.9 Å². The van der Waals surface area contributed by atoms with E-state index in [1.807, 2.05) is 43.6 Å². The van der Waals surface area contributed by atoms with Gasteiger partial charge in [0.15, 0.2) is 0 Å². The van der Waals surface area contributed by atoms with E-state index in [1.165, 1.54) is 5.69 Å². The maximum absolute atomic E-state index is 12.3. The van der Waals surface area contributed by atoms with Crippen molar-refractivity contribution in [3.63, 3.8) is 0 Å². The lowest BCUT2D eigenvalue weighted by Crippen LogP contribution is -2.38. The second kappa shape index (κ2) is 7.27. The molecule has 1 saturated heterocycles. The van der Waals surface area contributed by atoms with E-state index in [0.29, 0.717) is 5.92 Å². The molecule has 2 aromatic rings. The van der Waals surface area contributed by atoms with Crippen LogP contribution in [0.5, 0.6) is 0 Å². The molecule has 2 heterocycles. The summed E-state index contributed by atoms with van der Waals surface area (Å²) < 4.78 is 0. The van der Waals surface area contributed by atoms with Crippen LogP contribution in [0.15, 0.2) is 48.8 Å². The normalized spacial score (nSPS) is 15.4. The Labute approximate surface area is 137 Å². The lowest BCUT2D eigenvalue weighted by molar-refractivity contribution is 0.0944. The zero-order chi connectivity index (χ0) is 16.1. The van der Waals surface area contributed by atoms with E-state index < -0.39 is 0 Å². The number of benzene rings is 1. The molecule has 0 saturated carbocycles. The maximum atomic E-state index is 12.3. The van der Waals surface area contributed by atoms with E-state index in [9.17, 15) is 4.79 Å². The van der Waals surface area contributed by atoms with Crippen LogP contribution in [0, 0.1) is 12.8 Å². The average Bonchev–Trinajstić information content (AvgIpc) is 2.61. The summed E-state index contributed by atoms with van der Waals surface area (Å²) in [5.41, 5.74) is 3.04. The number of hydrogen-bond acceptors (Lipinski definition) is 3. The van der Waals surface area contributed by atoms with Gasteiger partial charge >= 0.3 is 0 Å². The number of amides is 1. The Morgan fingerprint density at radius 2 is 1.87 bits per heavy atom. The number of nitrogens with one attached hydrogen (secondary N) is 1. The SMILES string of the molecule is Cc1ccccc1C(=O)NCC1CCN(c2ccncc2)CC1. The number of pyridine rings is 1. The topological polar surface area (TPSA) is 45.2 Å². The van der Waals surface area contributed by atoms with Gasteiger partial charge in [-0.3, -0.25) is 9.78 Å². The number of hydrogen-bond donors (Lipinski definition) is 1. The highest BCUT2D eigenvalue weighted by Gasteiger charge is 2.20. The van der Waals surface area contributed by atoms with Crippen LogP contribution in [0.4, 0.5) is 5.69 Å². The minimum atomic E-state index is 0.0414. The Morgan fingerprint density at radius 1 is 1.17 bits per heavy atom. The van der Waals surface area contributed by atoms with Crippen LogP contribution >= 0.6 is 0 Å². The Balaban J connectivity index is 1.48. The van der Waals surface area contributed by atoms with Gasteiger partial charge in [-0.15, -0.1) is 0 Å². The van der Waals surface area contributed by atoms with E-state index in [0.717, 1.165) is 43.6 Å². The lowest BCUT2D eigenvalue weighted by Gasteiger charge is -2.33. The van der Waals surface area contributed by atoms with Crippen molar-refractivity contribution in [2.75, 3.05) is 24.5 Å². The molecular formula is C19H23N3O. The van der Waals surface area contributed by atoms with E-state index in [-0.39, 0.29) is 5.91 Å². The number of aromatic nitrogens is 1. The van der Waals surface area contributed by atoms with E-state index in [4.69, 9.17) is 0 Å². The molecule has 3 rings (SSSR count). The summed E-state index contributed by atoms with van der Waals surface area (Å²) in [6, 6.07) is 11.8. The molecule has 4 nitrogen and oxygen atoms in total. The van der Waals surface area contributed by atoms with Crippen LogP contribution in [0.3, 0.4) is 0 Å². The molecule has 23 heavy (non-hydrogen) atoms. The van der Waals surface area contributed by atoms with Gasteiger partial charge in [0, 0.05) is 43.3 Å². The van der Waals surface area contributed by atoms with Gasteiger partial charge in [-0.1, -0.05) is 18.2 Å². The molecule has 0 unspecified atom stereocenters. The molecule has 1 amide bonds. The van der Waals surface area contributed by atoms with Gasteiger partial charge in [0.25, 0.3) is 5.91 Å². The molecular weight excluding hydrogens is 286 g/mol. The van der Waals surface area contributed by atoms with Crippen molar-refractivity contribution >= 4 is 11.6 Å².